The highest BCUT2D eigenvalue weighted by molar-refractivity contribution is 7.80. The lowest BCUT2D eigenvalue weighted by molar-refractivity contribution is 0.0944. The van der Waals surface area contributed by atoms with Crippen molar-refractivity contribution in [3.05, 3.63) is 65.5 Å². The molecule has 2 aromatic rings. The lowest BCUT2D eigenvalue weighted by Crippen LogP contribution is -2.43. The molecule has 126 valence electrons. The zero-order chi connectivity index (χ0) is 17.4. The van der Waals surface area contributed by atoms with E-state index in [0.29, 0.717) is 11.3 Å². The molecule has 0 saturated heterocycles. The van der Waals surface area contributed by atoms with E-state index in [1.54, 1.807) is 24.3 Å². The van der Waals surface area contributed by atoms with Gasteiger partial charge in [0.1, 0.15) is 5.82 Å². The van der Waals surface area contributed by atoms with Crippen LogP contribution in [0, 0.1) is 5.82 Å². The SMILES string of the molecule is CCCCc1ccc(C(=O)NNC(=S)Nc2ccc(F)cc2)cc1. The average molecular weight is 345 g/mol. The number of rotatable bonds is 5. The molecule has 0 spiro atoms. The molecule has 0 heterocycles. The van der Waals surface area contributed by atoms with Gasteiger partial charge in [0.2, 0.25) is 0 Å². The number of hydrogen-bond acceptors (Lipinski definition) is 2. The monoisotopic (exact) mass is 345 g/mol. The van der Waals surface area contributed by atoms with Crippen LogP contribution in [-0.4, -0.2) is 11.0 Å². The van der Waals surface area contributed by atoms with Crippen LogP contribution in [0.4, 0.5) is 10.1 Å². The van der Waals surface area contributed by atoms with Gasteiger partial charge in [0.25, 0.3) is 5.91 Å². The molecule has 3 N–H and O–H groups in total. The summed E-state index contributed by atoms with van der Waals surface area (Å²) in [5, 5.41) is 3.06. The fourth-order valence-corrected chi connectivity index (χ4v) is 2.25. The van der Waals surface area contributed by atoms with E-state index in [2.05, 4.69) is 23.1 Å². The van der Waals surface area contributed by atoms with Crippen molar-refractivity contribution in [2.45, 2.75) is 26.2 Å². The largest absolute Gasteiger partial charge is 0.331 e. The quantitative estimate of drug-likeness (QED) is 0.570. The number of anilines is 1. The van der Waals surface area contributed by atoms with Crippen LogP contribution in [0.5, 0.6) is 0 Å². The van der Waals surface area contributed by atoms with Crippen LogP contribution in [0.3, 0.4) is 0 Å². The van der Waals surface area contributed by atoms with Crippen molar-refractivity contribution in [3.8, 4) is 0 Å². The van der Waals surface area contributed by atoms with Crippen LogP contribution in [-0.2, 0) is 6.42 Å². The first-order valence-electron chi connectivity index (χ1n) is 7.80. The molecule has 0 aliphatic rings. The number of thiocarbonyl (C=S) groups is 1. The van der Waals surface area contributed by atoms with Crippen LogP contribution < -0.4 is 16.2 Å². The molecule has 0 bridgehead atoms. The first kappa shape index (κ1) is 17.9. The first-order chi connectivity index (χ1) is 11.6. The Bertz CT molecular complexity index is 686. The minimum Gasteiger partial charge on any atom is -0.331 e. The topological polar surface area (TPSA) is 53.2 Å². The lowest BCUT2D eigenvalue weighted by Gasteiger charge is -2.12. The Balaban J connectivity index is 1.81. The zero-order valence-electron chi connectivity index (χ0n) is 13.4. The molecule has 0 radical (unpaired) electrons. The van der Waals surface area contributed by atoms with Crippen molar-refractivity contribution >= 4 is 28.9 Å². The Kier molecular flexibility index (Phi) is 6.69. The molecule has 0 aromatic heterocycles. The summed E-state index contributed by atoms with van der Waals surface area (Å²) < 4.78 is 12.8. The van der Waals surface area contributed by atoms with Crippen LogP contribution in [0.15, 0.2) is 48.5 Å². The number of carbonyl (C=O) groups excluding carboxylic acids is 1. The molecule has 2 rings (SSSR count). The van der Waals surface area contributed by atoms with E-state index >= 15 is 0 Å². The van der Waals surface area contributed by atoms with Crippen molar-refractivity contribution in [3.63, 3.8) is 0 Å². The third-order valence-corrected chi connectivity index (χ3v) is 3.63. The Morgan fingerprint density at radius 3 is 2.33 bits per heavy atom. The maximum atomic E-state index is 12.8. The minimum absolute atomic E-state index is 0.217. The zero-order valence-corrected chi connectivity index (χ0v) is 14.3. The molecule has 0 aliphatic carbocycles. The normalized spacial score (nSPS) is 10.1. The molecule has 0 unspecified atom stereocenters. The van der Waals surface area contributed by atoms with Gasteiger partial charge in [-0.25, -0.2) is 4.39 Å². The molecule has 0 fully saturated rings. The Morgan fingerprint density at radius 1 is 1.04 bits per heavy atom. The van der Waals surface area contributed by atoms with E-state index in [9.17, 15) is 9.18 Å². The van der Waals surface area contributed by atoms with E-state index in [0.717, 1.165) is 19.3 Å². The van der Waals surface area contributed by atoms with Gasteiger partial charge in [0.15, 0.2) is 5.11 Å². The summed E-state index contributed by atoms with van der Waals surface area (Å²) >= 11 is 5.08. The summed E-state index contributed by atoms with van der Waals surface area (Å²) in [6, 6.07) is 13.3. The van der Waals surface area contributed by atoms with E-state index in [1.807, 2.05) is 12.1 Å². The Labute approximate surface area is 146 Å². The number of nitrogens with one attached hydrogen (secondary N) is 3. The summed E-state index contributed by atoms with van der Waals surface area (Å²) in [5.41, 5.74) is 7.54. The summed E-state index contributed by atoms with van der Waals surface area (Å²) in [4.78, 5) is 12.1. The highest BCUT2D eigenvalue weighted by atomic mass is 32.1. The van der Waals surface area contributed by atoms with Crippen LogP contribution in [0.1, 0.15) is 35.7 Å². The second kappa shape index (κ2) is 8.98. The van der Waals surface area contributed by atoms with Gasteiger partial charge in [-0.05, 0) is 67.0 Å². The minimum atomic E-state index is -0.324. The molecule has 2 aromatic carbocycles. The summed E-state index contributed by atoms with van der Waals surface area (Å²) in [6.45, 7) is 2.15. The number of unbranched alkanes of at least 4 members (excludes halogenated alkanes) is 1. The Hall–Kier alpha value is -2.47. The van der Waals surface area contributed by atoms with Gasteiger partial charge in [-0.3, -0.25) is 15.6 Å². The first-order valence-corrected chi connectivity index (χ1v) is 8.21. The van der Waals surface area contributed by atoms with Crippen molar-refractivity contribution in [2.75, 3.05) is 5.32 Å². The fourth-order valence-electron chi connectivity index (χ4n) is 2.08. The van der Waals surface area contributed by atoms with Crippen LogP contribution >= 0.6 is 12.2 Å². The van der Waals surface area contributed by atoms with Crippen molar-refractivity contribution in [2.24, 2.45) is 0 Å². The van der Waals surface area contributed by atoms with Crippen molar-refractivity contribution < 1.29 is 9.18 Å². The van der Waals surface area contributed by atoms with E-state index < -0.39 is 0 Å². The van der Waals surface area contributed by atoms with E-state index in [1.165, 1.54) is 17.7 Å². The van der Waals surface area contributed by atoms with E-state index in [4.69, 9.17) is 12.2 Å². The third kappa shape index (κ3) is 5.62. The molecular formula is C18H20FN3OS. The Morgan fingerprint density at radius 2 is 1.71 bits per heavy atom. The number of hydrogen-bond donors (Lipinski definition) is 3. The van der Waals surface area contributed by atoms with E-state index in [-0.39, 0.29) is 16.8 Å². The number of amides is 1. The third-order valence-electron chi connectivity index (χ3n) is 3.43. The maximum Gasteiger partial charge on any atom is 0.269 e. The number of carbonyl (C=O) groups is 1. The van der Waals surface area contributed by atoms with Gasteiger partial charge in [0.05, 0.1) is 0 Å². The highest BCUT2D eigenvalue weighted by Gasteiger charge is 2.06. The van der Waals surface area contributed by atoms with Gasteiger partial charge in [-0.2, -0.15) is 0 Å². The second-order valence-corrected chi connectivity index (χ2v) is 5.75. The van der Waals surface area contributed by atoms with Gasteiger partial charge in [-0.15, -0.1) is 0 Å². The summed E-state index contributed by atoms with van der Waals surface area (Å²) in [5.74, 6) is -0.601. The van der Waals surface area contributed by atoms with Crippen LogP contribution in [0.2, 0.25) is 0 Å². The standard InChI is InChI=1S/C18H20FN3OS/c1-2-3-4-13-5-7-14(8-6-13)17(23)21-22-18(24)20-16-11-9-15(19)10-12-16/h5-12H,2-4H2,1H3,(H,21,23)(H2,20,22,24). The lowest BCUT2D eigenvalue weighted by atomic mass is 10.1. The molecule has 0 aliphatic heterocycles. The number of benzene rings is 2. The van der Waals surface area contributed by atoms with Gasteiger partial charge >= 0.3 is 0 Å². The molecule has 0 atom stereocenters. The molecule has 6 heteroatoms. The van der Waals surface area contributed by atoms with Gasteiger partial charge in [-0.1, -0.05) is 25.5 Å². The van der Waals surface area contributed by atoms with Gasteiger partial charge < -0.3 is 5.32 Å². The molecule has 1 amide bonds. The van der Waals surface area contributed by atoms with Crippen LogP contribution in [0.25, 0.3) is 0 Å². The molecular weight excluding hydrogens is 325 g/mol. The summed E-state index contributed by atoms with van der Waals surface area (Å²) in [7, 11) is 0. The fraction of sp³-hybridized carbons (Fsp3) is 0.222. The highest BCUT2D eigenvalue weighted by Crippen LogP contribution is 2.09. The molecule has 24 heavy (non-hydrogen) atoms. The number of hydrazine groups is 1. The van der Waals surface area contributed by atoms with Gasteiger partial charge in [0, 0.05) is 11.3 Å². The van der Waals surface area contributed by atoms with Crippen molar-refractivity contribution in [1.82, 2.24) is 10.9 Å². The van der Waals surface area contributed by atoms with Crippen molar-refractivity contribution in [1.29, 1.82) is 0 Å². The molecule has 4 nitrogen and oxygen atoms in total. The maximum absolute atomic E-state index is 12.8. The molecule has 0 saturated carbocycles. The second-order valence-electron chi connectivity index (χ2n) is 5.34. The smallest absolute Gasteiger partial charge is 0.269 e. The average Bonchev–Trinajstić information content (AvgIpc) is 2.60. The summed E-state index contributed by atoms with van der Waals surface area (Å²) in [6.07, 6.45) is 3.30. The predicted octanol–water partition coefficient (Wildman–Crippen LogP) is 3.80. The number of aryl methyl sites for hydroxylation is 1. The predicted molar refractivity (Wildman–Crippen MR) is 98.3 cm³/mol. The number of halogens is 1.